The lowest BCUT2D eigenvalue weighted by Crippen LogP contribution is -2.49. The molecule has 2 heterocycles. The van der Waals surface area contributed by atoms with E-state index in [0.29, 0.717) is 5.56 Å². The van der Waals surface area contributed by atoms with Crippen LogP contribution in [0.15, 0.2) is 29.2 Å². The van der Waals surface area contributed by atoms with Crippen molar-refractivity contribution >= 4 is 21.8 Å². The first kappa shape index (κ1) is 18.8. The SMILES string of the molecule is CN1CCC(NC(=O)c2cccc(S(=O)(=O)N3CCNC(=O)C3)c2)CC1. The molecule has 3 rings (SSSR count). The molecule has 8 nitrogen and oxygen atoms in total. The number of hydrogen-bond donors (Lipinski definition) is 2. The van der Waals surface area contributed by atoms with E-state index in [0.717, 1.165) is 30.2 Å². The van der Waals surface area contributed by atoms with Crippen LogP contribution >= 0.6 is 0 Å². The van der Waals surface area contributed by atoms with Crippen molar-refractivity contribution in [2.45, 2.75) is 23.8 Å². The monoisotopic (exact) mass is 380 g/mol. The number of nitrogens with zero attached hydrogens (tertiary/aromatic N) is 2. The number of likely N-dealkylation sites (tertiary alicyclic amines) is 1. The molecule has 0 bridgehead atoms. The Hall–Kier alpha value is -1.97. The van der Waals surface area contributed by atoms with Gasteiger partial charge in [-0.3, -0.25) is 9.59 Å². The van der Waals surface area contributed by atoms with Gasteiger partial charge in [0.2, 0.25) is 15.9 Å². The molecule has 1 aromatic carbocycles. The Balaban J connectivity index is 1.73. The highest BCUT2D eigenvalue weighted by atomic mass is 32.2. The van der Waals surface area contributed by atoms with E-state index in [2.05, 4.69) is 15.5 Å². The zero-order chi connectivity index (χ0) is 18.7. The highest BCUT2D eigenvalue weighted by Crippen LogP contribution is 2.18. The van der Waals surface area contributed by atoms with Crippen LogP contribution in [0.4, 0.5) is 0 Å². The molecule has 2 aliphatic heterocycles. The second-order valence-corrected chi connectivity index (χ2v) is 8.71. The maximum Gasteiger partial charge on any atom is 0.251 e. The Labute approximate surface area is 153 Å². The van der Waals surface area contributed by atoms with Crippen molar-refractivity contribution in [3.05, 3.63) is 29.8 Å². The van der Waals surface area contributed by atoms with Gasteiger partial charge >= 0.3 is 0 Å². The summed E-state index contributed by atoms with van der Waals surface area (Å²) in [4.78, 5) is 26.2. The molecule has 2 amide bonds. The van der Waals surface area contributed by atoms with E-state index in [4.69, 9.17) is 0 Å². The van der Waals surface area contributed by atoms with Crippen LogP contribution < -0.4 is 10.6 Å². The fourth-order valence-electron chi connectivity index (χ4n) is 3.19. The predicted octanol–water partition coefficient (Wildman–Crippen LogP) is -0.369. The minimum atomic E-state index is -3.81. The van der Waals surface area contributed by atoms with E-state index >= 15 is 0 Å². The molecule has 2 saturated heterocycles. The summed E-state index contributed by atoms with van der Waals surface area (Å²) in [5, 5.41) is 5.58. The summed E-state index contributed by atoms with van der Waals surface area (Å²) >= 11 is 0. The molecule has 2 fully saturated rings. The zero-order valence-electron chi connectivity index (χ0n) is 14.8. The van der Waals surface area contributed by atoms with Gasteiger partial charge in [-0.25, -0.2) is 8.42 Å². The molecule has 0 radical (unpaired) electrons. The largest absolute Gasteiger partial charge is 0.354 e. The van der Waals surface area contributed by atoms with Gasteiger partial charge in [-0.2, -0.15) is 4.31 Å². The molecule has 2 aliphatic rings. The van der Waals surface area contributed by atoms with E-state index in [1.54, 1.807) is 12.1 Å². The van der Waals surface area contributed by atoms with Crippen molar-refractivity contribution in [3.63, 3.8) is 0 Å². The normalized spacial score (nSPS) is 20.6. The lowest BCUT2D eigenvalue weighted by atomic mass is 10.0. The highest BCUT2D eigenvalue weighted by molar-refractivity contribution is 7.89. The number of benzene rings is 1. The number of carbonyl (C=O) groups excluding carboxylic acids is 2. The van der Waals surface area contributed by atoms with Gasteiger partial charge in [0.25, 0.3) is 5.91 Å². The quantitative estimate of drug-likeness (QED) is 0.743. The van der Waals surface area contributed by atoms with Crippen molar-refractivity contribution in [2.24, 2.45) is 0 Å². The molecule has 2 N–H and O–H groups in total. The molecule has 0 saturated carbocycles. The average molecular weight is 380 g/mol. The van der Waals surface area contributed by atoms with E-state index in [1.807, 2.05) is 7.05 Å². The minimum Gasteiger partial charge on any atom is -0.354 e. The maximum atomic E-state index is 12.7. The van der Waals surface area contributed by atoms with Crippen LogP contribution in [0.2, 0.25) is 0 Å². The fourth-order valence-corrected chi connectivity index (χ4v) is 4.63. The zero-order valence-corrected chi connectivity index (χ0v) is 15.6. The van der Waals surface area contributed by atoms with Crippen molar-refractivity contribution in [1.82, 2.24) is 19.8 Å². The second kappa shape index (κ2) is 7.73. The summed E-state index contributed by atoms with van der Waals surface area (Å²) in [6.07, 6.45) is 1.76. The molecular weight excluding hydrogens is 356 g/mol. The van der Waals surface area contributed by atoms with Gasteiger partial charge in [-0.1, -0.05) is 6.07 Å². The Morgan fingerprint density at radius 2 is 1.96 bits per heavy atom. The number of nitrogens with one attached hydrogen (secondary N) is 2. The summed E-state index contributed by atoms with van der Waals surface area (Å²) in [5.41, 5.74) is 0.312. The minimum absolute atomic E-state index is 0.0308. The molecule has 0 spiro atoms. The molecule has 0 aliphatic carbocycles. The molecule has 0 atom stereocenters. The van der Waals surface area contributed by atoms with Gasteiger partial charge in [0, 0.05) is 24.7 Å². The number of sulfonamides is 1. The summed E-state index contributed by atoms with van der Waals surface area (Å²) < 4.78 is 26.6. The fraction of sp³-hybridized carbons (Fsp3) is 0.529. The number of rotatable bonds is 4. The number of piperazine rings is 1. The van der Waals surface area contributed by atoms with Crippen molar-refractivity contribution < 1.29 is 18.0 Å². The maximum absolute atomic E-state index is 12.7. The summed E-state index contributed by atoms with van der Waals surface area (Å²) in [6, 6.07) is 6.09. The first-order valence-electron chi connectivity index (χ1n) is 8.72. The standard InChI is InChI=1S/C17H24N4O4S/c1-20-8-5-14(6-9-20)19-17(23)13-3-2-4-15(11-13)26(24,25)21-10-7-18-16(22)12-21/h2-4,11,14H,5-10,12H2,1H3,(H,18,22)(H,19,23). The summed E-state index contributed by atoms with van der Waals surface area (Å²) in [5.74, 6) is -0.594. The number of carbonyl (C=O) groups is 2. The van der Waals surface area contributed by atoms with E-state index < -0.39 is 10.0 Å². The third kappa shape index (κ3) is 4.22. The Bertz CT molecular complexity index is 788. The third-order valence-corrected chi connectivity index (χ3v) is 6.63. The summed E-state index contributed by atoms with van der Waals surface area (Å²) in [7, 11) is -1.76. The van der Waals surface area contributed by atoms with Crippen molar-refractivity contribution in [1.29, 1.82) is 0 Å². The lowest BCUT2D eigenvalue weighted by Gasteiger charge is -2.29. The van der Waals surface area contributed by atoms with Gasteiger partial charge < -0.3 is 15.5 Å². The van der Waals surface area contributed by atoms with Crippen molar-refractivity contribution in [2.75, 3.05) is 39.8 Å². The average Bonchev–Trinajstić information content (AvgIpc) is 2.63. The van der Waals surface area contributed by atoms with Crippen LogP contribution in [-0.2, 0) is 14.8 Å². The molecule has 0 unspecified atom stereocenters. The van der Waals surface area contributed by atoms with Gasteiger partial charge in [-0.05, 0) is 51.2 Å². The van der Waals surface area contributed by atoms with Gasteiger partial charge in [-0.15, -0.1) is 0 Å². The van der Waals surface area contributed by atoms with Crippen molar-refractivity contribution in [3.8, 4) is 0 Å². The van der Waals surface area contributed by atoms with Crippen LogP contribution in [0.1, 0.15) is 23.2 Å². The molecule has 1 aromatic rings. The molecule has 9 heteroatoms. The van der Waals surface area contributed by atoms with E-state index in [1.165, 1.54) is 12.1 Å². The van der Waals surface area contributed by atoms with E-state index in [9.17, 15) is 18.0 Å². The Morgan fingerprint density at radius 1 is 1.23 bits per heavy atom. The predicted molar refractivity (Wildman–Crippen MR) is 96.2 cm³/mol. The van der Waals surface area contributed by atoms with Crippen LogP contribution in [-0.4, -0.2) is 75.3 Å². The van der Waals surface area contributed by atoms with E-state index in [-0.39, 0.29) is 42.4 Å². The molecule has 142 valence electrons. The number of piperidine rings is 1. The van der Waals surface area contributed by atoms with Crippen LogP contribution in [0, 0.1) is 0 Å². The second-order valence-electron chi connectivity index (χ2n) is 6.77. The molecule has 26 heavy (non-hydrogen) atoms. The van der Waals surface area contributed by atoms with Gasteiger partial charge in [0.1, 0.15) is 0 Å². The number of hydrogen-bond acceptors (Lipinski definition) is 5. The Morgan fingerprint density at radius 3 is 2.65 bits per heavy atom. The lowest BCUT2D eigenvalue weighted by molar-refractivity contribution is -0.122. The first-order chi connectivity index (χ1) is 12.4. The van der Waals surface area contributed by atoms with Gasteiger partial charge in [0.15, 0.2) is 0 Å². The Kier molecular flexibility index (Phi) is 5.59. The smallest absolute Gasteiger partial charge is 0.251 e. The molecule has 0 aromatic heterocycles. The topological polar surface area (TPSA) is 98.8 Å². The number of amides is 2. The first-order valence-corrected chi connectivity index (χ1v) is 10.2. The van der Waals surface area contributed by atoms with Crippen LogP contribution in [0.25, 0.3) is 0 Å². The van der Waals surface area contributed by atoms with Crippen LogP contribution in [0.5, 0.6) is 0 Å². The summed E-state index contributed by atoms with van der Waals surface area (Å²) in [6.45, 7) is 2.16. The van der Waals surface area contributed by atoms with Crippen LogP contribution in [0.3, 0.4) is 0 Å². The van der Waals surface area contributed by atoms with Gasteiger partial charge in [0.05, 0.1) is 11.4 Å². The third-order valence-electron chi connectivity index (χ3n) is 4.79. The molecular formula is C17H24N4O4S. The highest BCUT2D eigenvalue weighted by Gasteiger charge is 2.29.